The Morgan fingerprint density at radius 2 is 2.27 bits per heavy atom. The van der Waals surface area contributed by atoms with Gasteiger partial charge in [-0.25, -0.2) is 4.79 Å². The Labute approximate surface area is 129 Å². The van der Waals surface area contributed by atoms with Gasteiger partial charge in [0.05, 0.1) is 5.56 Å². The van der Waals surface area contributed by atoms with Gasteiger partial charge >= 0.3 is 6.03 Å². The highest BCUT2D eigenvalue weighted by Crippen LogP contribution is 2.23. The predicted molar refractivity (Wildman–Crippen MR) is 82.3 cm³/mol. The van der Waals surface area contributed by atoms with Crippen molar-refractivity contribution in [3.05, 3.63) is 17.8 Å². The van der Waals surface area contributed by atoms with E-state index in [9.17, 15) is 9.59 Å². The van der Waals surface area contributed by atoms with Gasteiger partial charge in [0, 0.05) is 30.7 Å². The highest BCUT2D eigenvalue weighted by atomic mass is 16.2. The summed E-state index contributed by atoms with van der Waals surface area (Å²) < 4.78 is 1.85. The summed E-state index contributed by atoms with van der Waals surface area (Å²) in [4.78, 5) is 23.1. The molecule has 1 aromatic heterocycles. The van der Waals surface area contributed by atoms with Crippen LogP contribution in [-0.2, 0) is 10.3 Å². The van der Waals surface area contributed by atoms with Crippen molar-refractivity contribution >= 4 is 17.8 Å². The lowest BCUT2D eigenvalue weighted by molar-refractivity contribution is -0.119. The molecule has 1 aromatic rings. The molecule has 3 amide bonds. The van der Waals surface area contributed by atoms with Gasteiger partial charge < -0.3 is 15.2 Å². The number of aromatic nitrogens is 1. The van der Waals surface area contributed by atoms with Crippen LogP contribution in [0.4, 0.5) is 10.6 Å². The lowest BCUT2D eigenvalue weighted by Crippen LogP contribution is -2.40. The zero-order chi connectivity index (χ0) is 16.3. The summed E-state index contributed by atoms with van der Waals surface area (Å²) in [6.45, 7) is 6.36. The van der Waals surface area contributed by atoms with E-state index in [-0.39, 0.29) is 23.5 Å². The van der Waals surface area contributed by atoms with Crippen molar-refractivity contribution in [1.29, 1.82) is 5.26 Å². The molecule has 1 fully saturated rings. The maximum atomic E-state index is 12.0. The number of nitrogens with zero attached hydrogens (tertiary/aromatic N) is 2. The van der Waals surface area contributed by atoms with E-state index in [1.165, 1.54) is 0 Å². The van der Waals surface area contributed by atoms with E-state index in [1.807, 2.05) is 25.3 Å². The van der Waals surface area contributed by atoms with Crippen LogP contribution in [0.2, 0.25) is 0 Å². The average molecular weight is 303 g/mol. The molecule has 0 spiro atoms. The van der Waals surface area contributed by atoms with Crippen LogP contribution in [0, 0.1) is 11.3 Å². The number of anilines is 1. The summed E-state index contributed by atoms with van der Waals surface area (Å²) in [6, 6.07) is 3.35. The van der Waals surface area contributed by atoms with E-state index in [4.69, 9.17) is 5.26 Å². The molecule has 0 saturated carbocycles. The second kappa shape index (κ2) is 6.10. The van der Waals surface area contributed by atoms with Crippen molar-refractivity contribution in [2.24, 2.45) is 0 Å². The van der Waals surface area contributed by atoms with Crippen LogP contribution in [0.1, 0.15) is 39.2 Å². The van der Waals surface area contributed by atoms with E-state index in [0.717, 1.165) is 6.42 Å². The molecule has 2 heterocycles. The molecule has 0 bridgehead atoms. The SMILES string of the molecule is CC(C)(C)n1cc(C#N)cc1NC(=O)NC[C@H]1CCC(=O)N1. The molecule has 118 valence electrons. The van der Waals surface area contributed by atoms with E-state index < -0.39 is 0 Å². The molecule has 1 atom stereocenters. The maximum Gasteiger partial charge on any atom is 0.320 e. The number of rotatable bonds is 3. The summed E-state index contributed by atoms with van der Waals surface area (Å²) in [5.41, 5.74) is 0.241. The van der Waals surface area contributed by atoms with Gasteiger partial charge in [-0.15, -0.1) is 0 Å². The largest absolute Gasteiger partial charge is 0.352 e. The molecule has 7 nitrogen and oxygen atoms in total. The number of amides is 3. The standard InChI is InChI=1S/C15H21N5O2/c1-15(2,3)20-9-10(7-16)6-12(20)19-14(22)17-8-11-4-5-13(21)18-11/h6,9,11H,4-5,8H2,1-3H3,(H,18,21)(H2,17,19,22)/t11-/m1/s1. The molecule has 0 aliphatic carbocycles. The molecule has 0 radical (unpaired) electrons. The van der Waals surface area contributed by atoms with E-state index in [1.54, 1.807) is 12.3 Å². The molecule has 3 N–H and O–H groups in total. The molecular formula is C15H21N5O2. The summed E-state index contributed by atoms with van der Waals surface area (Å²) in [7, 11) is 0. The Morgan fingerprint density at radius 1 is 1.55 bits per heavy atom. The summed E-state index contributed by atoms with van der Waals surface area (Å²) in [6.07, 6.45) is 2.95. The average Bonchev–Trinajstić information content (AvgIpc) is 3.02. The smallest absolute Gasteiger partial charge is 0.320 e. The van der Waals surface area contributed by atoms with E-state index >= 15 is 0 Å². The summed E-state index contributed by atoms with van der Waals surface area (Å²) in [5, 5.41) is 17.3. The fourth-order valence-corrected chi connectivity index (χ4v) is 2.38. The quantitative estimate of drug-likeness (QED) is 0.789. The second-order valence-corrected chi connectivity index (χ2v) is 6.40. The van der Waals surface area contributed by atoms with Gasteiger partial charge in [0.1, 0.15) is 11.9 Å². The zero-order valence-electron chi connectivity index (χ0n) is 13.1. The molecule has 1 aliphatic rings. The number of hydrogen-bond donors (Lipinski definition) is 3. The molecule has 1 saturated heterocycles. The molecule has 1 aliphatic heterocycles. The van der Waals surface area contributed by atoms with Crippen molar-refractivity contribution in [2.75, 3.05) is 11.9 Å². The van der Waals surface area contributed by atoms with E-state index in [0.29, 0.717) is 24.3 Å². The third kappa shape index (κ3) is 3.79. The number of nitrogens with one attached hydrogen (secondary N) is 3. The van der Waals surface area contributed by atoms with Crippen LogP contribution < -0.4 is 16.0 Å². The van der Waals surface area contributed by atoms with Crippen LogP contribution in [0.3, 0.4) is 0 Å². The number of carbonyl (C=O) groups excluding carboxylic acids is 2. The molecule has 2 rings (SSSR count). The lowest BCUT2D eigenvalue weighted by atomic mass is 10.1. The Bertz CT molecular complexity index is 621. The third-order valence-electron chi connectivity index (χ3n) is 3.51. The monoisotopic (exact) mass is 303 g/mol. The van der Waals surface area contributed by atoms with E-state index in [2.05, 4.69) is 22.0 Å². The molecule has 0 unspecified atom stereocenters. The van der Waals surface area contributed by atoms with Gasteiger partial charge in [0.2, 0.25) is 5.91 Å². The van der Waals surface area contributed by atoms with Crippen LogP contribution in [0.25, 0.3) is 0 Å². The van der Waals surface area contributed by atoms with Gasteiger partial charge in [0.15, 0.2) is 0 Å². The topological polar surface area (TPSA) is 98.9 Å². The van der Waals surface area contributed by atoms with Crippen molar-refractivity contribution in [2.45, 2.75) is 45.2 Å². The van der Waals surface area contributed by atoms with Crippen molar-refractivity contribution < 1.29 is 9.59 Å². The van der Waals surface area contributed by atoms with Gasteiger partial charge in [-0.05, 0) is 33.3 Å². The van der Waals surface area contributed by atoms with Gasteiger partial charge in [-0.3, -0.25) is 10.1 Å². The number of carbonyl (C=O) groups is 2. The third-order valence-corrected chi connectivity index (χ3v) is 3.51. The van der Waals surface area contributed by atoms with Crippen molar-refractivity contribution in [3.8, 4) is 6.07 Å². The molecule has 22 heavy (non-hydrogen) atoms. The highest BCUT2D eigenvalue weighted by molar-refractivity contribution is 5.89. The van der Waals surface area contributed by atoms with Crippen LogP contribution >= 0.6 is 0 Å². The zero-order valence-corrected chi connectivity index (χ0v) is 13.1. The first kappa shape index (κ1) is 15.9. The number of hydrogen-bond acceptors (Lipinski definition) is 3. The summed E-state index contributed by atoms with van der Waals surface area (Å²) >= 11 is 0. The number of nitriles is 1. The first-order valence-electron chi connectivity index (χ1n) is 7.27. The minimum absolute atomic E-state index is 0.0117. The molecule has 7 heteroatoms. The Hall–Kier alpha value is -2.49. The van der Waals surface area contributed by atoms with Crippen LogP contribution in [0.5, 0.6) is 0 Å². The summed E-state index contributed by atoms with van der Waals surface area (Å²) in [5.74, 6) is 0.587. The maximum absolute atomic E-state index is 12.0. The minimum atomic E-state index is -0.353. The molecule has 0 aromatic carbocycles. The van der Waals surface area contributed by atoms with Crippen LogP contribution in [0.15, 0.2) is 12.3 Å². The lowest BCUT2D eigenvalue weighted by Gasteiger charge is -2.24. The Balaban J connectivity index is 1.98. The first-order chi connectivity index (χ1) is 10.3. The van der Waals surface area contributed by atoms with Gasteiger partial charge in [-0.1, -0.05) is 0 Å². The van der Waals surface area contributed by atoms with Crippen LogP contribution in [-0.4, -0.2) is 29.1 Å². The van der Waals surface area contributed by atoms with Gasteiger partial charge in [0.25, 0.3) is 0 Å². The number of urea groups is 1. The normalized spacial score (nSPS) is 17.7. The van der Waals surface area contributed by atoms with Crippen molar-refractivity contribution in [1.82, 2.24) is 15.2 Å². The van der Waals surface area contributed by atoms with Crippen molar-refractivity contribution in [3.63, 3.8) is 0 Å². The predicted octanol–water partition coefficient (Wildman–Crippen LogP) is 1.51. The highest BCUT2D eigenvalue weighted by Gasteiger charge is 2.22. The second-order valence-electron chi connectivity index (χ2n) is 6.40. The Morgan fingerprint density at radius 3 is 2.82 bits per heavy atom. The minimum Gasteiger partial charge on any atom is -0.352 e. The fraction of sp³-hybridized carbons (Fsp3) is 0.533. The van der Waals surface area contributed by atoms with Gasteiger partial charge in [-0.2, -0.15) is 5.26 Å². The molecular weight excluding hydrogens is 282 g/mol. The fourth-order valence-electron chi connectivity index (χ4n) is 2.38. The first-order valence-corrected chi connectivity index (χ1v) is 7.27. The Kier molecular flexibility index (Phi) is 4.40.